The lowest BCUT2D eigenvalue weighted by atomic mass is 10.0. The molecule has 0 bridgehead atoms. The molecule has 2 rings (SSSR count). The Bertz CT molecular complexity index is 637. The molecule has 1 aromatic carbocycles. The third-order valence-corrected chi connectivity index (χ3v) is 4.01. The molecule has 1 atom stereocenters. The van der Waals surface area contributed by atoms with Crippen LogP contribution in [0.5, 0.6) is 0 Å². The topological polar surface area (TPSA) is 79.3 Å². The lowest BCUT2D eigenvalue weighted by Crippen LogP contribution is -2.44. The van der Waals surface area contributed by atoms with Gasteiger partial charge in [0.2, 0.25) is 0 Å². The minimum atomic E-state index is -1.04. The number of carbonyl (C=O) groups excluding carboxylic acids is 1. The number of carboxylic acid groups (broad SMARTS) is 1. The maximum absolute atomic E-state index is 12.1. The molecular weight excluding hydrogens is 288 g/mol. The fourth-order valence-corrected chi connectivity index (χ4v) is 2.64. The zero-order valence-corrected chi connectivity index (χ0v) is 12.6. The Labute approximate surface area is 126 Å². The zero-order chi connectivity index (χ0) is 15.4. The van der Waals surface area contributed by atoms with E-state index in [1.54, 1.807) is 13.8 Å². The van der Waals surface area contributed by atoms with Gasteiger partial charge >= 0.3 is 5.97 Å². The summed E-state index contributed by atoms with van der Waals surface area (Å²) in [6.07, 6.45) is 1.47. The summed E-state index contributed by atoms with van der Waals surface area (Å²) in [4.78, 5) is 27.8. The second kappa shape index (κ2) is 6.49. The Balaban J connectivity index is 2.14. The smallest absolute Gasteiger partial charge is 0.326 e. The molecule has 110 valence electrons. The van der Waals surface area contributed by atoms with E-state index in [9.17, 15) is 9.59 Å². The van der Waals surface area contributed by atoms with Crippen LogP contribution in [0, 0.1) is 5.92 Å². The predicted octanol–water partition coefficient (Wildman–Crippen LogP) is 2.65. The van der Waals surface area contributed by atoms with Gasteiger partial charge in [-0.3, -0.25) is 4.79 Å². The normalized spacial score (nSPS) is 12.1. The molecule has 2 N–H and O–H groups in total. The SMILES string of the molecule is CC(C)[C@H](NC(=O)c1cnc(-c2ccccc2)s1)C(=O)O. The van der Waals surface area contributed by atoms with E-state index >= 15 is 0 Å². The van der Waals surface area contributed by atoms with Crippen LogP contribution >= 0.6 is 11.3 Å². The summed E-state index contributed by atoms with van der Waals surface area (Å²) in [5.74, 6) is -1.63. The number of hydrogen-bond acceptors (Lipinski definition) is 4. The quantitative estimate of drug-likeness (QED) is 0.890. The fraction of sp³-hybridized carbons (Fsp3) is 0.267. The highest BCUT2D eigenvalue weighted by Crippen LogP contribution is 2.24. The van der Waals surface area contributed by atoms with E-state index in [1.165, 1.54) is 17.5 Å². The summed E-state index contributed by atoms with van der Waals surface area (Å²) in [6.45, 7) is 3.50. The van der Waals surface area contributed by atoms with Gasteiger partial charge < -0.3 is 10.4 Å². The molecule has 1 aromatic heterocycles. The average Bonchev–Trinajstić information content (AvgIpc) is 2.94. The van der Waals surface area contributed by atoms with Crippen molar-refractivity contribution in [3.05, 3.63) is 41.4 Å². The third-order valence-electron chi connectivity index (χ3n) is 2.97. The average molecular weight is 304 g/mol. The maximum atomic E-state index is 12.1. The Morgan fingerprint density at radius 1 is 1.24 bits per heavy atom. The number of carboxylic acids is 1. The van der Waals surface area contributed by atoms with Gasteiger partial charge in [0.05, 0.1) is 6.20 Å². The van der Waals surface area contributed by atoms with Crippen molar-refractivity contribution >= 4 is 23.2 Å². The number of thiazole rings is 1. The van der Waals surface area contributed by atoms with Crippen LogP contribution in [0.25, 0.3) is 10.6 Å². The molecule has 0 aliphatic rings. The molecule has 5 nitrogen and oxygen atoms in total. The lowest BCUT2D eigenvalue weighted by Gasteiger charge is -2.17. The van der Waals surface area contributed by atoms with Crippen molar-refractivity contribution in [3.63, 3.8) is 0 Å². The second-order valence-corrected chi connectivity index (χ2v) is 5.96. The van der Waals surface area contributed by atoms with Gasteiger partial charge in [-0.1, -0.05) is 44.2 Å². The Hall–Kier alpha value is -2.21. The predicted molar refractivity (Wildman–Crippen MR) is 81.3 cm³/mol. The lowest BCUT2D eigenvalue weighted by molar-refractivity contribution is -0.140. The van der Waals surface area contributed by atoms with Gasteiger partial charge in [0.25, 0.3) is 5.91 Å². The molecule has 0 aliphatic heterocycles. The van der Waals surface area contributed by atoms with Gasteiger partial charge in [-0.25, -0.2) is 9.78 Å². The summed E-state index contributed by atoms with van der Waals surface area (Å²) < 4.78 is 0. The number of benzene rings is 1. The molecule has 0 saturated carbocycles. The first kappa shape index (κ1) is 15.2. The van der Waals surface area contributed by atoms with E-state index in [4.69, 9.17) is 5.11 Å². The first-order chi connectivity index (χ1) is 9.99. The van der Waals surface area contributed by atoms with Crippen molar-refractivity contribution in [3.8, 4) is 10.6 Å². The molecule has 6 heteroatoms. The molecular formula is C15H16N2O3S. The standard InChI is InChI=1S/C15H16N2O3S/c1-9(2)12(15(19)20)17-13(18)11-8-16-14(21-11)10-6-4-3-5-7-10/h3-9,12H,1-2H3,(H,17,18)(H,19,20)/t12-/m0/s1. The number of hydrogen-bond donors (Lipinski definition) is 2. The molecule has 1 amide bonds. The zero-order valence-electron chi connectivity index (χ0n) is 11.7. The van der Waals surface area contributed by atoms with Crippen LogP contribution in [0.3, 0.4) is 0 Å². The Morgan fingerprint density at radius 2 is 1.90 bits per heavy atom. The Morgan fingerprint density at radius 3 is 2.48 bits per heavy atom. The van der Waals surface area contributed by atoms with E-state index < -0.39 is 17.9 Å². The number of nitrogens with one attached hydrogen (secondary N) is 1. The van der Waals surface area contributed by atoms with Crippen molar-refractivity contribution in [2.45, 2.75) is 19.9 Å². The van der Waals surface area contributed by atoms with E-state index in [0.29, 0.717) is 4.88 Å². The van der Waals surface area contributed by atoms with Gasteiger partial charge in [-0.05, 0) is 5.92 Å². The fourth-order valence-electron chi connectivity index (χ4n) is 1.82. The van der Waals surface area contributed by atoms with Gasteiger partial charge in [0.15, 0.2) is 0 Å². The molecule has 21 heavy (non-hydrogen) atoms. The van der Waals surface area contributed by atoms with Crippen LogP contribution in [0.2, 0.25) is 0 Å². The molecule has 1 heterocycles. The number of rotatable bonds is 5. The summed E-state index contributed by atoms with van der Waals surface area (Å²) in [6, 6.07) is 8.62. The molecule has 0 saturated heterocycles. The minimum absolute atomic E-state index is 0.187. The van der Waals surface area contributed by atoms with Crippen LogP contribution in [0.1, 0.15) is 23.5 Å². The van der Waals surface area contributed by atoms with Crippen molar-refractivity contribution in [1.29, 1.82) is 0 Å². The first-order valence-electron chi connectivity index (χ1n) is 6.54. The largest absolute Gasteiger partial charge is 0.480 e. The molecule has 0 fully saturated rings. The van der Waals surface area contributed by atoms with Crippen LogP contribution in [-0.2, 0) is 4.79 Å². The molecule has 0 radical (unpaired) electrons. The van der Waals surface area contributed by atoms with Gasteiger partial charge in [0, 0.05) is 5.56 Å². The summed E-state index contributed by atoms with van der Waals surface area (Å²) in [5, 5.41) is 12.4. The molecule has 0 aliphatic carbocycles. The van der Waals surface area contributed by atoms with Crippen molar-refractivity contribution in [2.24, 2.45) is 5.92 Å². The summed E-state index contributed by atoms with van der Waals surface area (Å²) in [5.41, 5.74) is 0.931. The number of amides is 1. The molecule has 0 unspecified atom stereocenters. The van der Waals surface area contributed by atoms with Crippen LogP contribution < -0.4 is 5.32 Å². The Kier molecular flexibility index (Phi) is 4.70. The number of aliphatic carboxylic acids is 1. The summed E-state index contributed by atoms with van der Waals surface area (Å²) in [7, 11) is 0. The van der Waals surface area contributed by atoms with Crippen LogP contribution in [0.15, 0.2) is 36.5 Å². The number of carbonyl (C=O) groups is 2. The van der Waals surface area contributed by atoms with Crippen LogP contribution in [0.4, 0.5) is 0 Å². The highest BCUT2D eigenvalue weighted by atomic mass is 32.1. The van der Waals surface area contributed by atoms with Gasteiger partial charge in [-0.15, -0.1) is 11.3 Å². The van der Waals surface area contributed by atoms with Crippen molar-refractivity contribution in [1.82, 2.24) is 10.3 Å². The minimum Gasteiger partial charge on any atom is -0.480 e. The van der Waals surface area contributed by atoms with Gasteiger partial charge in [-0.2, -0.15) is 0 Å². The highest BCUT2D eigenvalue weighted by molar-refractivity contribution is 7.16. The second-order valence-electron chi connectivity index (χ2n) is 4.93. The number of aromatic nitrogens is 1. The van der Waals surface area contributed by atoms with Crippen LogP contribution in [-0.4, -0.2) is 28.0 Å². The molecule has 0 spiro atoms. The first-order valence-corrected chi connectivity index (χ1v) is 7.35. The van der Waals surface area contributed by atoms with Crippen molar-refractivity contribution in [2.75, 3.05) is 0 Å². The van der Waals surface area contributed by atoms with E-state index in [0.717, 1.165) is 10.6 Å². The van der Waals surface area contributed by atoms with E-state index in [1.807, 2.05) is 30.3 Å². The monoisotopic (exact) mass is 304 g/mol. The maximum Gasteiger partial charge on any atom is 0.326 e. The number of nitrogens with zero attached hydrogens (tertiary/aromatic N) is 1. The third kappa shape index (κ3) is 3.66. The summed E-state index contributed by atoms with van der Waals surface area (Å²) >= 11 is 1.24. The molecule has 2 aromatic rings. The van der Waals surface area contributed by atoms with Gasteiger partial charge in [0.1, 0.15) is 15.9 Å². The van der Waals surface area contributed by atoms with E-state index in [2.05, 4.69) is 10.3 Å². The highest BCUT2D eigenvalue weighted by Gasteiger charge is 2.24. The van der Waals surface area contributed by atoms with E-state index in [-0.39, 0.29) is 5.92 Å². The van der Waals surface area contributed by atoms with Crippen molar-refractivity contribution < 1.29 is 14.7 Å².